The van der Waals surface area contributed by atoms with Gasteiger partial charge in [-0.1, -0.05) is 0 Å². The number of rotatable bonds is 0. The molecule has 2 aliphatic rings. The molecule has 0 aliphatic carbocycles. The number of carbonyl (C=O) groups is 1. The zero-order valence-corrected chi connectivity index (χ0v) is 5.90. The van der Waals surface area contributed by atoms with Crippen molar-refractivity contribution in [1.82, 2.24) is 10.2 Å². The molecule has 11 heavy (non-hydrogen) atoms. The number of nitrogens with zero attached hydrogens (tertiary/aromatic N) is 3. The van der Waals surface area contributed by atoms with E-state index in [2.05, 4.69) is 15.5 Å². The van der Waals surface area contributed by atoms with Crippen molar-refractivity contribution >= 4 is 5.91 Å². The lowest BCUT2D eigenvalue weighted by atomic mass is 10.3. The summed E-state index contributed by atoms with van der Waals surface area (Å²) in [6.45, 7) is 0. The summed E-state index contributed by atoms with van der Waals surface area (Å²) in [5.74, 6) is 0.365. The third-order valence-corrected chi connectivity index (χ3v) is 1.49. The quantitative estimate of drug-likeness (QED) is 0.500. The molecule has 0 aromatic carbocycles. The van der Waals surface area contributed by atoms with Gasteiger partial charge in [-0.25, -0.2) is 0 Å². The van der Waals surface area contributed by atoms with Gasteiger partial charge in [-0.05, 0) is 0 Å². The van der Waals surface area contributed by atoms with Crippen LogP contribution in [0.3, 0.4) is 0 Å². The Hall–Kier alpha value is -1.65. The molecule has 0 radical (unpaired) electrons. The Morgan fingerprint density at radius 1 is 1.55 bits per heavy atom. The fourth-order valence-electron chi connectivity index (χ4n) is 0.907. The van der Waals surface area contributed by atoms with Crippen molar-refractivity contribution in [2.75, 3.05) is 7.05 Å². The smallest absolute Gasteiger partial charge is 0.275 e. The largest absolute Gasteiger partial charge is 0.342 e. The topological polar surface area (TPSA) is 57.1 Å². The van der Waals surface area contributed by atoms with Crippen LogP contribution < -0.4 is 5.32 Å². The summed E-state index contributed by atoms with van der Waals surface area (Å²) in [6.07, 6.45) is 3.32. The first-order valence-electron chi connectivity index (χ1n) is 3.15. The van der Waals surface area contributed by atoms with Crippen molar-refractivity contribution in [2.45, 2.75) is 0 Å². The Balaban J connectivity index is 2.37. The summed E-state index contributed by atoms with van der Waals surface area (Å²) >= 11 is 0. The minimum Gasteiger partial charge on any atom is -0.342 e. The first-order chi connectivity index (χ1) is 5.29. The highest BCUT2D eigenvalue weighted by molar-refractivity contribution is 5.95. The van der Waals surface area contributed by atoms with Crippen LogP contribution in [0.15, 0.2) is 34.1 Å². The van der Waals surface area contributed by atoms with Crippen molar-refractivity contribution in [1.29, 1.82) is 0 Å². The molecule has 0 fully saturated rings. The van der Waals surface area contributed by atoms with E-state index in [1.54, 1.807) is 24.3 Å². The van der Waals surface area contributed by atoms with E-state index in [-0.39, 0.29) is 5.91 Å². The SMILES string of the molecule is CN1C=CNC(=O)C1=C1N=N1. The highest BCUT2D eigenvalue weighted by Gasteiger charge is 2.25. The molecular formula is C6H6N4O. The molecule has 5 nitrogen and oxygen atoms in total. The Morgan fingerprint density at radius 2 is 2.27 bits per heavy atom. The minimum absolute atomic E-state index is 0.157. The van der Waals surface area contributed by atoms with Crippen molar-refractivity contribution < 1.29 is 4.79 Å². The molecule has 1 N–H and O–H groups in total. The third-order valence-electron chi connectivity index (χ3n) is 1.49. The lowest BCUT2D eigenvalue weighted by Gasteiger charge is -2.19. The van der Waals surface area contributed by atoms with Gasteiger partial charge in [-0.2, -0.15) is 0 Å². The Labute approximate surface area is 63.1 Å². The lowest BCUT2D eigenvalue weighted by molar-refractivity contribution is -0.118. The second-order valence-corrected chi connectivity index (χ2v) is 2.27. The van der Waals surface area contributed by atoms with Crippen LogP contribution in [0.5, 0.6) is 0 Å². The van der Waals surface area contributed by atoms with Crippen molar-refractivity contribution in [2.24, 2.45) is 10.2 Å². The highest BCUT2D eigenvalue weighted by atomic mass is 16.2. The molecule has 0 saturated heterocycles. The number of hydrogen-bond donors (Lipinski definition) is 1. The van der Waals surface area contributed by atoms with Gasteiger partial charge in [0.05, 0.1) is 0 Å². The van der Waals surface area contributed by atoms with Crippen LogP contribution in [-0.2, 0) is 4.79 Å². The molecule has 0 bridgehead atoms. The highest BCUT2D eigenvalue weighted by Crippen LogP contribution is 2.24. The van der Waals surface area contributed by atoms with E-state index in [0.717, 1.165) is 0 Å². The standard InChI is InChI=1S/C6H6N4O/c1-10-3-2-7-6(11)4(10)5-8-9-5/h2-3H,1H3,(H,7,11). The van der Waals surface area contributed by atoms with Crippen LogP contribution >= 0.6 is 0 Å². The molecule has 0 atom stereocenters. The van der Waals surface area contributed by atoms with E-state index in [1.165, 1.54) is 0 Å². The predicted octanol–water partition coefficient (Wildman–Crippen LogP) is 0.154. The number of carbonyl (C=O) groups excluding carboxylic acids is 1. The van der Waals surface area contributed by atoms with Gasteiger partial charge in [-0.3, -0.25) is 4.79 Å². The molecular weight excluding hydrogens is 144 g/mol. The van der Waals surface area contributed by atoms with E-state index in [1.807, 2.05) is 0 Å². The van der Waals surface area contributed by atoms with E-state index < -0.39 is 0 Å². The molecule has 2 rings (SSSR count). The molecule has 0 saturated carbocycles. The zero-order valence-electron chi connectivity index (χ0n) is 5.90. The maximum Gasteiger partial charge on any atom is 0.275 e. The fraction of sp³-hybridized carbons (Fsp3) is 0.167. The molecule has 0 aromatic rings. The summed E-state index contributed by atoms with van der Waals surface area (Å²) < 4.78 is 0. The van der Waals surface area contributed by atoms with E-state index in [0.29, 0.717) is 11.5 Å². The number of nitrogens with one attached hydrogen (secondary N) is 1. The van der Waals surface area contributed by atoms with Crippen LogP contribution in [0.25, 0.3) is 0 Å². The average Bonchev–Trinajstić information content (AvgIpc) is 2.70. The van der Waals surface area contributed by atoms with Crippen LogP contribution in [0.1, 0.15) is 0 Å². The molecule has 5 heteroatoms. The third kappa shape index (κ3) is 0.899. The van der Waals surface area contributed by atoms with Gasteiger partial charge in [-0.15, -0.1) is 10.2 Å². The predicted molar refractivity (Wildman–Crippen MR) is 36.9 cm³/mol. The lowest BCUT2D eigenvalue weighted by Crippen LogP contribution is -2.32. The summed E-state index contributed by atoms with van der Waals surface area (Å²) in [4.78, 5) is 12.8. The Kier molecular flexibility index (Phi) is 1.06. The molecule has 0 spiro atoms. The summed E-state index contributed by atoms with van der Waals surface area (Å²) in [6, 6.07) is 0. The monoisotopic (exact) mass is 150 g/mol. The first-order valence-corrected chi connectivity index (χ1v) is 3.15. The molecule has 0 aromatic heterocycles. The van der Waals surface area contributed by atoms with Gasteiger partial charge in [0, 0.05) is 19.4 Å². The van der Waals surface area contributed by atoms with Gasteiger partial charge >= 0.3 is 0 Å². The molecule has 56 valence electrons. The van der Waals surface area contributed by atoms with E-state index in [4.69, 9.17) is 0 Å². The zero-order chi connectivity index (χ0) is 7.84. The Bertz CT molecular complexity index is 294. The van der Waals surface area contributed by atoms with Crippen molar-refractivity contribution in [3.8, 4) is 0 Å². The summed E-state index contributed by atoms with van der Waals surface area (Å²) in [5, 5.41) is 9.74. The number of hydrogen-bond acceptors (Lipinski definition) is 4. The van der Waals surface area contributed by atoms with Crippen LogP contribution in [0, 0.1) is 0 Å². The maximum absolute atomic E-state index is 11.1. The fourth-order valence-corrected chi connectivity index (χ4v) is 0.907. The van der Waals surface area contributed by atoms with Gasteiger partial charge in [0.2, 0.25) is 5.82 Å². The van der Waals surface area contributed by atoms with Crippen LogP contribution in [0.2, 0.25) is 0 Å². The molecule has 1 amide bonds. The molecule has 2 heterocycles. The van der Waals surface area contributed by atoms with Gasteiger partial charge in [0.25, 0.3) is 5.91 Å². The maximum atomic E-state index is 11.1. The normalized spacial score (nSPS) is 20.8. The van der Waals surface area contributed by atoms with E-state index >= 15 is 0 Å². The van der Waals surface area contributed by atoms with Gasteiger partial charge in [0.1, 0.15) is 0 Å². The van der Waals surface area contributed by atoms with Crippen LogP contribution in [0.4, 0.5) is 0 Å². The molecule has 2 aliphatic heterocycles. The average molecular weight is 150 g/mol. The number of likely N-dealkylation sites (N-methyl/N-ethyl adjacent to an activating group) is 1. The van der Waals surface area contributed by atoms with Gasteiger partial charge in [0.15, 0.2) is 5.70 Å². The van der Waals surface area contributed by atoms with E-state index in [9.17, 15) is 4.79 Å². The van der Waals surface area contributed by atoms with Gasteiger partial charge < -0.3 is 10.2 Å². The van der Waals surface area contributed by atoms with Crippen molar-refractivity contribution in [3.63, 3.8) is 0 Å². The second-order valence-electron chi connectivity index (χ2n) is 2.27. The minimum atomic E-state index is -0.157. The summed E-state index contributed by atoms with van der Waals surface area (Å²) in [5.41, 5.74) is 0.507. The second kappa shape index (κ2) is 1.91. The number of amides is 1. The van der Waals surface area contributed by atoms with Crippen LogP contribution in [-0.4, -0.2) is 17.9 Å². The summed E-state index contributed by atoms with van der Waals surface area (Å²) in [7, 11) is 1.78. The first kappa shape index (κ1) is 6.09. The Morgan fingerprint density at radius 3 is 2.82 bits per heavy atom. The van der Waals surface area contributed by atoms with Crippen molar-refractivity contribution in [3.05, 3.63) is 23.9 Å². The molecule has 0 unspecified atom stereocenters.